The second-order valence-electron chi connectivity index (χ2n) is 5.42. The minimum absolute atomic E-state index is 0.195. The van der Waals surface area contributed by atoms with Gasteiger partial charge in [0.05, 0.1) is 28.2 Å². The fourth-order valence-electron chi connectivity index (χ4n) is 2.03. The monoisotopic (exact) mass is 407 g/mol. The fraction of sp³-hybridized carbons (Fsp3) is 0.176. The molecule has 0 unspecified atom stereocenters. The Balaban J connectivity index is 2.15. The summed E-state index contributed by atoms with van der Waals surface area (Å²) in [4.78, 5) is 50.2. The summed E-state index contributed by atoms with van der Waals surface area (Å²) in [5, 5.41) is 13.8. The van der Waals surface area contributed by atoms with E-state index < -0.39 is 34.6 Å². The van der Waals surface area contributed by atoms with Crippen LogP contribution in [0.15, 0.2) is 36.5 Å². The summed E-state index contributed by atoms with van der Waals surface area (Å²) in [7, 11) is 1.09. The largest absolute Gasteiger partial charge is 0.465 e. The minimum Gasteiger partial charge on any atom is -0.465 e. The number of pyridine rings is 1. The molecule has 11 heteroatoms. The van der Waals surface area contributed by atoms with Gasteiger partial charge in [-0.1, -0.05) is 11.6 Å². The van der Waals surface area contributed by atoms with Crippen molar-refractivity contribution in [3.05, 3.63) is 62.8 Å². The predicted octanol–water partition coefficient (Wildman–Crippen LogP) is 2.61. The van der Waals surface area contributed by atoms with E-state index in [9.17, 15) is 24.5 Å². The Morgan fingerprint density at radius 2 is 1.82 bits per heavy atom. The summed E-state index contributed by atoms with van der Waals surface area (Å²) in [6.07, 6.45) is 0.0801. The number of hydrogen-bond donors (Lipinski definition) is 1. The maximum absolute atomic E-state index is 12.3. The van der Waals surface area contributed by atoms with Crippen LogP contribution in [0.5, 0.6) is 0 Å². The zero-order chi connectivity index (χ0) is 20.8. The van der Waals surface area contributed by atoms with E-state index in [4.69, 9.17) is 16.3 Å². The van der Waals surface area contributed by atoms with E-state index in [2.05, 4.69) is 15.0 Å². The third-order valence-corrected chi connectivity index (χ3v) is 3.64. The molecule has 2 rings (SSSR count). The van der Waals surface area contributed by atoms with Crippen LogP contribution in [0.4, 0.5) is 11.5 Å². The van der Waals surface area contributed by atoms with Crippen molar-refractivity contribution in [1.29, 1.82) is 0 Å². The molecule has 1 heterocycles. The molecule has 28 heavy (non-hydrogen) atoms. The number of hydrogen-bond acceptors (Lipinski definition) is 8. The molecule has 0 aliphatic rings. The number of nitrogens with one attached hydrogen (secondary N) is 1. The molecule has 0 aliphatic carbocycles. The highest BCUT2D eigenvalue weighted by Gasteiger charge is 2.23. The van der Waals surface area contributed by atoms with Crippen LogP contribution in [-0.4, -0.2) is 41.0 Å². The predicted molar refractivity (Wildman–Crippen MR) is 97.2 cm³/mol. The number of halogens is 1. The number of nitro benzene ring substituents is 1. The quantitative estimate of drug-likeness (QED) is 0.438. The van der Waals surface area contributed by atoms with Crippen molar-refractivity contribution in [2.24, 2.45) is 0 Å². The number of anilines is 1. The normalized spacial score (nSPS) is 11.2. The number of non-ortho nitro benzene ring substituents is 1. The number of benzene rings is 1. The molecular weight excluding hydrogens is 394 g/mol. The van der Waals surface area contributed by atoms with Crippen LogP contribution in [0.3, 0.4) is 0 Å². The number of esters is 2. The van der Waals surface area contributed by atoms with E-state index in [1.54, 1.807) is 0 Å². The van der Waals surface area contributed by atoms with Gasteiger partial charge in [-0.15, -0.1) is 0 Å². The summed E-state index contributed by atoms with van der Waals surface area (Å²) in [5.74, 6) is -2.37. The number of ether oxygens (including phenoxy) is 2. The van der Waals surface area contributed by atoms with Gasteiger partial charge in [-0.3, -0.25) is 14.9 Å². The number of carbonyl (C=O) groups is 3. The van der Waals surface area contributed by atoms with E-state index in [0.29, 0.717) is 5.02 Å². The van der Waals surface area contributed by atoms with Crippen LogP contribution >= 0.6 is 11.6 Å². The topological polar surface area (TPSA) is 138 Å². The number of amides is 1. The van der Waals surface area contributed by atoms with Gasteiger partial charge in [-0.2, -0.15) is 0 Å². The second kappa shape index (κ2) is 8.91. The Morgan fingerprint density at radius 1 is 1.18 bits per heavy atom. The first-order valence-corrected chi connectivity index (χ1v) is 8.10. The number of carbonyl (C=O) groups excluding carboxylic acids is 3. The van der Waals surface area contributed by atoms with Crippen molar-refractivity contribution < 1.29 is 28.8 Å². The lowest BCUT2D eigenvalue weighted by Gasteiger charge is -2.13. The van der Waals surface area contributed by atoms with E-state index in [1.165, 1.54) is 25.3 Å². The van der Waals surface area contributed by atoms with Crippen molar-refractivity contribution in [2.45, 2.75) is 13.0 Å². The van der Waals surface area contributed by atoms with Crippen molar-refractivity contribution in [2.75, 3.05) is 12.4 Å². The molecule has 0 saturated heterocycles. The third-order valence-electron chi connectivity index (χ3n) is 3.42. The van der Waals surface area contributed by atoms with Crippen molar-refractivity contribution >= 4 is 41.0 Å². The average Bonchev–Trinajstić information content (AvgIpc) is 2.68. The molecule has 1 aromatic carbocycles. The standard InChI is InChI=1S/C17H14ClN3O7/c1-9(15(22)20-14-4-3-12(18)8-19-14)28-17(24)11-5-10(16(23)27-2)6-13(7-11)21(25)26/h3-9H,1-2H3,(H,19,20,22)/t9-/m0/s1. The number of methoxy groups -OCH3 is 1. The highest BCUT2D eigenvalue weighted by molar-refractivity contribution is 6.30. The molecule has 1 N–H and O–H groups in total. The molecule has 0 spiro atoms. The number of nitro groups is 1. The number of rotatable bonds is 6. The Morgan fingerprint density at radius 3 is 2.36 bits per heavy atom. The molecular formula is C17H14ClN3O7. The minimum atomic E-state index is -1.24. The van der Waals surface area contributed by atoms with Gasteiger partial charge < -0.3 is 14.8 Å². The van der Waals surface area contributed by atoms with E-state index in [1.807, 2.05) is 0 Å². The van der Waals surface area contributed by atoms with E-state index >= 15 is 0 Å². The first-order chi connectivity index (χ1) is 13.2. The van der Waals surface area contributed by atoms with Crippen LogP contribution in [0.25, 0.3) is 0 Å². The van der Waals surface area contributed by atoms with Gasteiger partial charge in [-0.25, -0.2) is 14.6 Å². The van der Waals surface area contributed by atoms with Gasteiger partial charge in [0.15, 0.2) is 6.10 Å². The van der Waals surface area contributed by atoms with Crippen LogP contribution < -0.4 is 5.32 Å². The molecule has 0 radical (unpaired) electrons. The lowest BCUT2D eigenvalue weighted by Crippen LogP contribution is -2.30. The average molecular weight is 408 g/mol. The number of nitrogens with zero attached hydrogens (tertiary/aromatic N) is 2. The Labute approximate surface area is 163 Å². The summed E-state index contributed by atoms with van der Waals surface area (Å²) in [6.45, 7) is 1.31. The summed E-state index contributed by atoms with van der Waals surface area (Å²) in [5.41, 5.74) is -0.984. The van der Waals surface area contributed by atoms with Gasteiger partial charge in [0.25, 0.3) is 11.6 Å². The molecule has 10 nitrogen and oxygen atoms in total. The van der Waals surface area contributed by atoms with Crippen molar-refractivity contribution in [3.63, 3.8) is 0 Å². The maximum Gasteiger partial charge on any atom is 0.339 e. The maximum atomic E-state index is 12.3. The number of aromatic nitrogens is 1. The molecule has 0 fully saturated rings. The molecule has 146 valence electrons. The molecule has 0 aliphatic heterocycles. The Bertz CT molecular complexity index is 931. The highest BCUT2D eigenvalue weighted by atomic mass is 35.5. The van der Waals surface area contributed by atoms with E-state index in [0.717, 1.165) is 25.3 Å². The van der Waals surface area contributed by atoms with Gasteiger partial charge >= 0.3 is 11.9 Å². The van der Waals surface area contributed by atoms with Gasteiger partial charge in [-0.05, 0) is 25.1 Å². The summed E-state index contributed by atoms with van der Waals surface area (Å²) < 4.78 is 9.52. The fourth-order valence-corrected chi connectivity index (χ4v) is 2.14. The zero-order valence-corrected chi connectivity index (χ0v) is 15.4. The zero-order valence-electron chi connectivity index (χ0n) is 14.7. The van der Waals surface area contributed by atoms with Crippen LogP contribution in [0.2, 0.25) is 5.02 Å². The second-order valence-corrected chi connectivity index (χ2v) is 5.85. The van der Waals surface area contributed by atoms with Gasteiger partial charge in [0.1, 0.15) is 5.82 Å². The Hall–Kier alpha value is -3.53. The summed E-state index contributed by atoms with van der Waals surface area (Å²) >= 11 is 5.70. The van der Waals surface area contributed by atoms with Crippen molar-refractivity contribution in [3.8, 4) is 0 Å². The summed E-state index contributed by atoms with van der Waals surface area (Å²) in [6, 6.07) is 5.94. The van der Waals surface area contributed by atoms with Crippen molar-refractivity contribution in [1.82, 2.24) is 4.98 Å². The molecule has 1 amide bonds. The highest BCUT2D eigenvalue weighted by Crippen LogP contribution is 2.19. The third kappa shape index (κ3) is 5.24. The Kier molecular flexibility index (Phi) is 6.61. The van der Waals surface area contributed by atoms with Gasteiger partial charge in [0.2, 0.25) is 0 Å². The molecule has 1 atom stereocenters. The van der Waals surface area contributed by atoms with Crippen LogP contribution in [0.1, 0.15) is 27.6 Å². The first kappa shape index (κ1) is 20.8. The van der Waals surface area contributed by atoms with E-state index in [-0.39, 0.29) is 16.9 Å². The van der Waals surface area contributed by atoms with Gasteiger partial charge in [0, 0.05) is 18.3 Å². The van der Waals surface area contributed by atoms with Crippen LogP contribution in [0, 0.1) is 10.1 Å². The SMILES string of the molecule is COC(=O)c1cc(C(=O)O[C@@H](C)C(=O)Nc2ccc(Cl)cn2)cc([N+](=O)[O-])c1. The molecule has 2 aromatic rings. The molecule has 1 aromatic heterocycles. The van der Waals surface area contributed by atoms with Crippen LogP contribution in [-0.2, 0) is 14.3 Å². The lowest BCUT2D eigenvalue weighted by molar-refractivity contribution is -0.384. The smallest absolute Gasteiger partial charge is 0.339 e. The first-order valence-electron chi connectivity index (χ1n) is 7.72. The molecule has 0 bridgehead atoms. The lowest BCUT2D eigenvalue weighted by atomic mass is 10.1. The molecule has 0 saturated carbocycles.